The smallest absolute Gasteiger partial charge is 0.407 e. The van der Waals surface area contributed by atoms with Gasteiger partial charge < -0.3 is 61.9 Å². The van der Waals surface area contributed by atoms with E-state index in [1.165, 1.54) is 6.92 Å². The number of benzene rings is 4. The highest BCUT2D eigenvalue weighted by Crippen LogP contribution is 2.44. The molecular formula is C57H72N8O13. The van der Waals surface area contributed by atoms with Crippen LogP contribution in [0.2, 0.25) is 0 Å². The Morgan fingerprint density at radius 1 is 0.500 bits per heavy atom. The molecule has 21 nitrogen and oxygen atoms in total. The second-order valence-corrected chi connectivity index (χ2v) is 21.1. The van der Waals surface area contributed by atoms with Crippen LogP contribution >= 0.6 is 0 Å². The van der Waals surface area contributed by atoms with Gasteiger partial charge in [0.1, 0.15) is 53.5 Å². The largest absolute Gasteiger partial charge is 0.488 e. The Labute approximate surface area is 454 Å². The van der Waals surface area contributed by atoms with Gasteiger partial charge in [-0.15, -0.1) is 0 Å². The van der Waals surface area contributed by atoms with Gasteiger partial charge in [0, 0.05) is 18.8 Å². The molecule has 5 rings (SSSR count). The van der Waals surface area contributed by atoms with Gasteiger partial charge >= 0.3 is 12.1 Å². The van der Waals surface area contributed by atoms with Gasteiger partial charge in [0.05, 0.1) is 26.2 Å². The first-order valence-electron chi connectivity index (χ1n) is 25.6. The monoisotopic (exact) mass is 1080 g/mol. The van der Waals surface area contributed by atoms with Crippen LogP contribution in [-0.4, -0.2) is 127 Å². The highest BCUT2D eigenvalue weighted by Gasteiger charge is 2.31. The molecule has 0 aliphatic heterocycles. The van der Waals surface area contributed by atoms with Crippen molar-refractivity contribution in [2.75, 3.05) is 32.8 Å². The molecular weight excluding hydrogens is 1000 g/mol. The first-order chi connectivity index (χ1) is 36.7. The van der Waals surface area contributed by atoms with E-state index in [1.807, 2.05) is 90.1 Å². The molecule has 9 N–H and O–H groups in total. The third-order valence-electron chi connectivity index (χ3n) is 11.9. The van der Waals surface area contributed by atoms with Gasteiger partial charge in [-0.25, -0.2) is 4.79 Å². The van der Waals surface area contributed by atoms with Crippen LogP contribution in [0.15, 0.2) is 97.1 Å². The molecule has 1 aliphatic rings. The zero-order valence-electron chi connectivity index (χ0n) is 45.5. The molecule has 1 aliphatic carbocycles. The molecule has 0 saturated heterocycles. The molecule has 0 heterocycles. The van der Waals surface area contributed by atoms with E-state index in [4.69, 9.17) is 19.3 Å². The minimum absolute atomic E-state index is 0.0304. The van der Waals surface area contributed by atoms with Crippen molar-refractivity contribution in [3.63, 3.8) is 0 Å². The lowest BCUT2D eigenvalue weighted by Crippen LogP contribution is -2.55. The molecule has 4 aromatic carbocycles. The summed E-state index contributed by atoms with van der Waals surface area (Å²) >= 11 is 0. The van der Waals surface area contributed by atoms with Crippen LogP contribution in [0.1, 0.15) is 90.5 Å². The molecule has 8 amide bonds. The molecule has 0 aromatic heterocycles. The molecule has 0 bridgehead atoms. The van der Waals surface area contributed by atoms with Crippen molar-refractivity contribution in [3.05, 3.63) is 119 Å². The maximum atomic E-state index is 13.8. The van der Waals surface area contributed by atoms with Crippen LogP contribution in [0.5, 0.6) is 11.5 Å². The minimum atomic E-state index is -1.30. The number of fused-ring (bicyclic) bond motifs is 3. The van der Waals surface area contributed by atoms with Crippen LogP contribution in [0.4, 0.5) is 4.79 Å². The van der Waals surface area contributed by atoms with E-state index in [1.54, 1.807) is 62.4 Å². The van der Waals surface area contributed by atoms with Crippen LogP contribution in [-0.2, 0) is 55.9 Å². The molecule has 4 atom stereocenters. The lowest BCUT2D eigenvalue weighted by Gasteiger charge is -2.23. The van der Waals surface area contributed by atoms with Crippen molar-refractivity contribution in [3.8, 4) is 22.6 Å². The zero-order valence-corrected chi connectivity index (χ0v) is 45.5. The Kier molecular flexibility index (Phi) is 21.3. The third-order valence-corrected chi connectivity index (χ3v) is 11.9. The Morgan fingerprint density at radius 3 is 1.32 bits per heavy atom. The summed E-state index contributed by atoms with van der Waals surface area (Å²) in [7, 11) is 0. The second-order valence-electron chi connectivity index (χ2n) is 21.1. The summed E-state index contributed by atoms with van der Waals surface area (Å²) in [5, 5.41) is 29.0. The second kappa shape index (κ2) is 27.5. The number of nitrogens with one attached hydrogen (secondary N) is 8. The number of hydrogen-bond acceptors (Lipinski definition) is 12. The fraction of sp³-hybridized carbons (Fsp3) is 0.421. The Balaban J connectivity index is 1.18. The summed E-state index contributed by atoms with van der Waals surface area (Å²) in [6.07, 6.45) is -0.950. The van der Waals surface area contributed by atoms with E-state index in [-0.39, 0.29) is 25.4 Å². The third kappa shape index (κ3) is 19.3. The van der Waals surface area contributed by atoms with E-state index in [0.717, 1.165) is 22.3 Å². The maximum Gasteiger partial charge on any atom is 0.407 e. The summed E-state index contributed by atoms with van der Waals surface area (Å²) in [5.41, 5.74) is 4.38. The molecule has 21 heteroatoms. The van der Waals surface area contributed by atoms with Gasteiger partial charge in [-0.2, -0.15) is 0 Å². The molecule has 418 valence electrons. The van der Waals surface area contributed by atoms with E-state index >= 15 is 0 Å². The van der Waals surface area contributed by atoms with Crippen LogP contribution in [0.25, 0.3) is 11.1 Å². The van der Waals surface area contributed by atoms with Crippen molar-refractivity contribution in [1.82, 2.24) is 42.5 Å². The number of carboxylic acid groups (broad SMARTS) is 1. The van der Waals surface area contributed by atoms with Gasteiger partial charge in [0.15, 0.2) is 0 Å². The molecule has 0 saturated carbocycles. The minimum Gasteiger partial charge on any atom is -0.488 e. The summed E-state index contributed by atoms with van der Waals surface area (Å²) < 4.78 is 17.4. The highest BCUT2D eigenvalue weighted by atomic mass is 16.5. The Hall–Kier alpha value is -8.49. The number of ether oxygens (including phenoxy) is 3. The first kappa shape index (κ1) is 60.4. The number of carbonyl (C=O) groups is 9. The van der Waals surface area contributed by atoms with Gasteiger partial charge in [0.2, 0.25) is 41.4 Å². The van der Waals surface area contributed by atoms with Crippen LogP contribution in [0.3, 0.4) is 0 Å². The standard InChI is InChI=1S/C57H72N8O13/c1-33(2)50(65-55(75)76-32-43-41-16-12-10-14-39(41)40-15-11-13-17-42(40)43)53(72)61-28-46(66)58-29-48(68)63-44(26-35-18-22-37(23-19-35)77-56(4,5)6)52(71)60-31-49(69)64-45(51(70)59-30-47(67)62-34(3)54(73)74)27-36-20-24-38(25-21-36)78-57(7,8)9/h10-25,33-34,43-45,50H,26-32H2,1-9H3,(H,58,66)(H,59,70)(H,60,71)(H,61,72)(H,62,67)(H,63,68)(H,64,69)(H,65,75)(H,73,74)/t34-,44-,45-,50-/m0/s1. The van der Waals surface area contributed by atoms with Crippen molar-refractivity contribution in [2.24, 2.45) is 5.92 Å². The Morgan fingerprint density at radius 2 is 0.897 bits per heavy atom. The first-order valence-corrected chi connectivity index (χ1v) is 25.6. The number of aliphatic carboxylic acids is 1. The lowest BCUT2D eigenvalue weighted by molar-refractivity contribution is -0.141. The summed E-state index contributed by atoms with van der Waals surface area (Å²) in [5.74, 6) is -6.15. The van der Waals surface area contributed by atoms with Crippen molar-refractivity contribution < 1.29 is 62.5 Å². The SMILES string of the molecule is CC(C)[C@H](NC(=O)OCC1c2ccccc2-c2ccccc21)C(=O)NCC(=O)NCC(=O)N[C@@H](Cc1ccc(OC(C)(C)C)cc1)C(=O)NCC(=O)N[C@@H](Cc1ccc(OC(C)(C)C)cc1)C(=O)NCC(=O)N[C@@H](C)C(=O)O. The Bertz CT molecular complexity index is 2740. The normalized spacial score (nSPS) is 13.4. The van der Waals surface area contributed by atoms with Crippen molar-refractivity contribution in [2.45, 2.75) is 116 Å². The quantitative estimate of drug-likeness (QED) is 0.0461. The number of carboxylic acids is 1. The summed E-state index contributed by atoms with van der Waals surface area (Å²) in [6, 6.07) is 24.5. The number of alkyl carbamates (subject to hydrolysis) is 1. The van der Waals surface area contributed by atoms with Gasteiger partial charge in [-0.05, 0) is 112 Å². The molecule has 0 radical (unpaired) electrons. The maximum absolute atomic E-state index is 13.8. The molecule has 78 heavy (non-hydrogen) atoms. The predicted octanol–water partition coefficient (Wildman–Crippen LogP) is 3.41. The van der Waals surface area contributed by atoms with E-state index in [9.17, 15) is 43.2 Å². The topological polar surface area (TPSA) is 298 Å². The van der Waals surface area contributed by atoms with Crippen LogP contribution < -0.4 is 52.0 Å². The molecule has 0 unspecified atom stereocenters. The fourth-order valence-electron chi connectivity index (χ4n) is 8.23. The van der Waals surface area contributed by atoms with Gasteiger partial charge in [-0.3, -0.25) is 38.4 Å². The van der Waals surface area contributed by atoms with Crippen molar-refractivity contribution in [1.29, 1.82) is 0 Å². The van der Waals surface area contributed by atoms with E-state index in [0.29, 0.717) is 22.6 Å². The van der Waals surface area contributed by atoms with E-state index in [2.05, 4.69) is 42.5 Å². The number of hydrogen-bond donors (Lipinski definition) is 9. The molecule has 0 spiro atoms. The fourth-order valence-corrected chi connectivity index (χ4v) is 8.23. The molecule has 4 aromatic rings. The lowest BCUT2D eigenvalue weighted by atomic mass is 9.98. The van der Waals surface area contributed by atoms with Crippen molar-refractivity contribution >= 4 is 53.4 Å². The van der Waals surface area contributed by atoms with E-state index < -0.39 is 121 Å². The number of carbonyl (C=O) groups excluding carboxylic acids is 8. The average molecular weight is 1080 g/mol. The predicted molar refractivity (Wildman–Crippen MR) is 289 cm³/mol. The van der Waals surface area contributed by atoms with Gasteiger partial charge in [-0.1, -0.05) is 86.6 Å². The number of amides is 8. The molecule has 0 fully saturated rings. The van der Waals surface area contributed by atoms with Crippen LogP contribution in [0, 0.1) is 5.92 Å². The van der Waals surface area contributed by atoms with Gasteiger partial charge in [0.25, 0.3) is 0 Å². The summed E-state index contributed by atoms with van der Waals surface area (Å²) in [4.78, 5) is 117. The number of rotatable bonds is 25. The average Bonchev–Trinajstić information content (AvgIpc) is 3.76. The highest BCUT2D eigenvalue weighted by molar-refractivity contribution is 5.95. The zero-order chi connectivity index (χ0) is 57.3. The summed E-state index contributed by atoms with van der Waals surface area (Å²) in [6.45, 7) is 13.6.